The summed E-state index contributed by atoms with van der Waals surface area (Å²) in [6.45, 7) is 10.00. The molecule has 0 aliphatic rings. The molecule has 0 heterocycles. The number of nitrogens with one attached hydrogen (secondary N) is 2. The second-order valence-corrected chi connectivity index (χ2v) is 8.71. The largest absolute Gasteiger partial charge is 0.322 e. The van der Waals surface area contributed by atoms with Gasteiger partial charge in [0.25, 0.3) is 5.91 Å². The van der Waals surface area contributed by atoms with Gasteiger partial charge in [-0.3, -0.25) is 4.79 Å². The maximum absolute atomic E-state index is 12.3. The van der Waals surface area contributed by atoms with Gasteiger partial charge in [-0.25, -0.2) is 13.1 Å². The summed E-state index contributed by atoms with van der Waals surface area (Å²) in [5, 5.41) is 2.81. The predicted molar refractivity (Wildman–Crippen MR) is 105 cm³/mol. The third-order valence-electron chi connectivity index (χ3n) is 3.85. The van der Waals surface area contributed by atoms with E-state index in [1.807, 2.05) is 24.3 Å². The van der Waals surface area contributed by atoms with Crippen LogP contribution in [0.5, 0.6) is 0 Å². The summed E-state index contributed by atoms with van der Waals surface area (Å²) in [4.78, 5) is 12.4. The number of carbonyl (C=O) groups excluding carboxylic acids is 1. The second kappa shape index (κ2) is 7.85. The first kappa shape index (κ1) is 19.9. The molecule has 0 fully saturated rings. The molecule has 0 spiro atoms. The van der Waals surface area contributed by atoms with Gasteiger partial charge in [0.2, 0.25) is 10.0 Å². The quantitative estimate of drug-likeness (QED) is 0.759. The fraction of sp³-hybridized carbons (Fsp3) is 0.250. The Morgan fingerprint density at radius 3 is 2.12 bits per heavy atom. The Kier molecular flexibility index (Phi) is 6.00. The summed E-state index contributed by atoms with van der Waals surface area (Å²) in [6.07, 6.45) is 1.46. The Balaban J connectivity index is 2.09. The van der Waals surface area contributed by atoms with Gasteiger partial charge in [-0.15, -0.1) is 6.58 Å². The molecule has 2 rings (SSSR count). The summed E-state index contributed by atoms with van der Waals surface area (Å²) in [6, 6.07) is 13.5. The molecule has 5 nitrogen and oxygen atoms in total. The number of hydrogen-bond donors (Lipinski definition) is 2. The molecule has 0 radical (unpaired) electrons. The van der Waals surface area contributed by atoms with Crippen molar-refractivity contribution in [3.8, 4) is 0 Å². The lowest BCUT2D eigenvalue weighted by Crippen LogP contribution is -2.23. The van der Waals surface area contributed by atoms with E-state index < -0.39 is 10.0 Å². The van der Waals surface area contributed by atoms with E-state index in [0.29, 0.717) is 11.3 Å². The summed E-state index contributed by atoms with van der Waals surface area (Å²) >= 11 is 0. The van der Waals surface area contributed by atoms with Gasteiger partial charge >= 0.3 is 0 Å². The first-order valence-corrected chi connectivity index (χ1v) is 9.74. The molecular formula is C20H24N2O3S. The number of anilines is 1. The van der Waals surface area contributed by atoms with Crippen molar-refractivity contribution < 1.29 is 13.2 Å². The lowest BCUT2D eigenvalue weighted by Gasteiger charge is -2.19. The molecule has 0 unspecified atom stereocenters. The zero-order valence-corrected chi connectivity index (χ0v) is 16.1. The van der Waals surface area contributed by atoms with Crippen molar-refractivity contribution in [2.24, 2.45) is 0 Å². The van der Waals surface area contributed by atoms with Crippen LogP contribution in [0.4, 0.5) is 5.69 Å². The highest BCUT2D eigenvalue weighted by atomic mass is 32.2. The van der Waals surface area contributed by atoms with E-state index in [0.717, 1.165) is 0 Å². The Labute approximate surface area is 155 Å². The van der Waals surface area contributed by atoms with E-state index in [1.165, 1.54) is 35.9 Å². The SMILES string of the molecule is C=CCNS(=O)(=O)c1ccc(C(=O)Nc2ccc(C(C)(C)C)cc2)cc1. The van der Waals surface area contributed by atoms with Gasteiger partial charge in [-0.2, -0.15) is 0 Å². The minimum absolute atomic E-state index is 0.0451. The molecule has 2 aromatic carbocycles. The van der Waals surface area contributed by atoms with Gasteiger partial charge in [-0.05, 0) is 47.4 Å². The Morgan fingerprint density at radius 1 is 1.04 bits per heavy atom. The average Bonchev–Trinajstić information content (AvgIpc) is 2.60. The monoisotopic (exact) mass is 372 g/mol. The molecule has 0 aromatic heterocycles. The summed E-state index contributed by atoms with van der Waals surface area (Å²) < 4.78 is 26.4. The molecule has 0 saturated carbocycles. The fourth-order valence-electron chi connectivity index (χ4n) is 2.29. The Morgan fingerprint density at radius 2 is 1.62 bits per heavy atom. The third-order valence-corrected chi connectivity index (χ3v) is 5.29. The molecule has 26 heavy (non-hydrogen) atoms. The number of rotatable bonds is 6. The van der Waals surface area contributed by atoms with Crippen LogP contribution in [0.1, 0.15) is 36.7 Å². The van der Waals surface area contributed by atoms with Crippen molar-refractivity contribution in [1.29, 1.82) is 0 Å². The zero-order chi connectivity index (χ0) is 19.4. The van der Waals surface area contributed by atoms with Crippen LogP contribution in [0.2, 0.25) is 0 Å². The first-order chi connectivity index (χ1) is 12.1. The fourth-order valence-corrected chi connectivity index (χ4v) is 3.29. The van der Waals surface area contributed by atoms with Crippen LogP contribution in [0, 0.1) is 0 Å². The number of benzene rings is 2. The maximum atomic E-state index is 12.3. The lowest BCUT2D eigenvalue weighted by atomic mass is 9.87. The lowest BCUT2D eigenvalue weighted by molar-refractivity contribution is 0.102. The van der Waals surface area contributed by atoms with E-state index in [2.05, 4.69) is 37.4 Å². The molecule has 0 aliphatic carbocycles. The molecule has 0 saturated heterocycles. The van der Waals surface area contributed by atoms with E-state index in [9.17, 15) is 13.2 Å². The second-order valence-electron chi connectivity index (χ2n) is 6.95. The number of carbonyl (C=O) groups is 1. The first-order valence-electron chi connectivity index (χ1n) is 8.26. The van der Waals surface area contributed by atoms with Gasteiger partial charge in [0.05, 0.1) is 4.90 Å². The van der Waals surface area contributed by atoms with Crippen LogP contribution in [-0.4, -0.2) is 20.9 Å². The summed E-state index contributed by atoms with van der Waals surface area (Å²) in [5.74, 6) is -0.295. The molecule has 6 heteroatoms. The predicted octanol–water partition coefficient (Wildman–Crippen LogP) is 3.70. The average molecular weight is 372 g/mol. The van der Waals surface area contributed by atoms with Gasteiger partial charge in [-0.1, -0.05) is 39.0 Å². The molecule has 0 aliphatic heterocycles. The van der Waals surface area contributed by atoms with Gasteiger partial charge in [0.15, 0.2) is 0 Å². The Bertz CT molecular complexity index is 878. The number of amides is 1. The van der Waals surface area contributed by atoms with Crippen LogP contribution < -0.4 is 10.0 Å². The van der Waals surface area contributed by atoms with Gasteiger partial charge in [0, 0.05) is 17.8 Å². The molecule has 1 amide bonds. The Hall–Kier alpha value is -2.44. The topological polar surface area (TPSA) is 75.3 Å². The zero-order valence-electron chi connectivity index (χ0n) is 15.2. The molecule has 0 atom stereocenters. The highest BCUT2D eigenvalue weighted by Gasteiger charge is 2.15. The van der Waals surface area contributed by atoms with Gasteiger partial charge in [0.1, 0.15) is 0 Å². The highest BCUT2D eigenvalue weighted by Crippen LogP contribution is 2.23. The van der Waals surface area contributed by atoms with Crippen molar-refractivity contribution in [2.75, 3.05) is 11.9 Å². The van der Waals surface area contributed by atoms with Crippen LogP contribution in [0.25, 0.3) is 0 Å². The number of hydrogen-bond acceptors (Lipinski definition) is 3. The van der Waals surface area contributed by atoms with E-state index in [4.69, 9.17) is 0 Å². The molecule has 2 aromatic rings. The van der Waals surface area contributed by atoms with Crippen LogP contribution in [0.15, 0.2) is 66.1 Å². The highest BCUT2D eigenvalue weighted by molar-refractivity contribution is 7.89. The van der Waals surface area contributed by atoms with Crippen molar-refractivity contribution in [3.63, 3.8) is 0 Å². The van der Waals surface area contributed by atoms with Crippen molar-refractivity contribution in [1.82, 2.24) is 4.72 Å². The van der Waals surface area contributed by atoms with Gasteiger partial charge < -0.3 is 5.32 Å². The smallest absolute Gasteiger partial charge is 0.255 e. The summed E-state index contributed by atoms with van der Waals surface area (Å²) in [7, 11) is -3.60. The molecular weight excluding hydrogens is 348 g/mol. The van der Waals surface area contributed by atoms with Crippen LogP contribution in [-0.2, 0) is 15.4 Å². The molecule has 0 bridgehead atoms. The molecule has 138 valence electrons. The van der Waals surface area contributed by atoms with E-state index in [1.54, 1.807) is 0 Å². The van der Waals surface area contributed by atoms with E-state index >= 15 is 0 Å². The molecule has 2 N–H and O–H groups in total. The maximum Gasteiger partial charge on any atom is 0.255 e. The third kappa shape index (κ3) is 5.03. The summed E-state index contributed by atoms with van der Waals surface area (Å²) in [5.41, 5.74) is 2.29. The van der Waals surface area contributed by atoms with Crippen molar-refractivity contribution in [3.05, 3.63) is 72.3 Å². The minimum atomic E-state index is -3.60. The van der Waals surface area contributed by atoms with Crippen LogP contribution in [0.3, 0.4) is 0 Å². The van der Waals surface area contributed by atoms with Crippen molar-refractivity contribution >= 4 is 21.6 Å². The van der Waals surface area contributed by atoms with E-state index in [-0.39, 0.29) is 22.8 Å². The standard InChI is InChI=1S/C20H24N2O3S/c1-5-14-21-26(24,25)18-12-6-15(7-13-18)19(23)22-17-10-8-16(9-11-17)20(2,3)4/h5-13,21H,1,14H2,2-4H3,(H,22,23). The number of sulfonamides is 1. The van der Waals surface area contributed by atoms with Crippen molar-refractivity contribution in [2.45, 2.75) is 31.1 Å². The van der Waals surface area contributed by atoms with Crippen LogP contribution >= 0.6 is 0 Å². The normalized spacial score (nSPS) is 11.8. The minimum Gasteiger partial charge on any atom is -0.322 e.